The molecule has 21 nitrogen and oxygen atoms in total. The monoisotopic (exact) mass is 775 g/mol. The molecule has 4 amide bonds. The first-order valence-corrected chi connectivity index (χ1v) is 16.5. The number of ether oxygens (including phenoxy) is 2. The van der Waals surface area contributed by atoms with Crippen LogP contribution in [0.1, 0.15) is 37.8 Å². The van der Waals surface area contributed by atoms with Gasteiger partial charge in [-0.25, -0.2) is 27.8 Å². The van der Waals surface area contributed by atoms with E-state index >= 15 is 0 Å². The van der Waals surface area contributed by atoms with Gasteiger partial charge >= 0.3 is 0 Å². The Morgan fingerprint density at radius 1 is 0.789 bits per heavy atom. The zero-order valence-electron chi connectivity index (χ0n) is 28.8. The normalized spacial score (nSPS) is 12.8. The van der Waals surface area contributed by atoms with Crippen LogP contribution in [-0.2, 0) is 22.7 Å². The molecular formula is C34H23F2N15O6. The van der Waals surface area contributed by atoms with Crippen molar-refractivity contribution in [1.29, 1.82) is 5.26 Å². The summed E-state index contributed by atoms with van der Waals surface area (Å²) >= 11 is 0. The van der Waals surface area contributed by atoms with E-state index in [0.29, 0.717) is 28.4 Å². The lowest BCUT2D eigenvalue weighted by Crippen LogP contribution is -2.26. The Hall–Kier alpha value is -8.42. The van der Waals surface area contributed by atoms with Crippen molar-refractivity contribution in [1.82, 2.24) is 60.5 Å². The maximum absolute atomic E-state index is 14.1. The van der Waals surface area contributed by atoms with E-state index in [-0.39, 0.29) is 78.0 Å². The molecule has 0 spiro atoms. The van der Waals surface area contributed by atoms with Crippen molar-refractivity contribution in [2.75, 3.05) is 23.8 Å². The first kappa shape index (κ1) is 35.6. The Labute approximate surface area is 316 Å². The molecule has 2 aromatic carbocycles. The number of amides is 4. The highest BCUT2D eigenvalue weighted by Gasteiger charge is 2.21. The average Bonchev–Trinajstić information content (AvgIpc) is 3.99. The number of nitriles is 1. The molecule has 0 fully saturated rings. The summed E-state index contributed by atoms with van der Waals surface area (Å²) in [5.41, 5.74) is 2.23. The zero-order valence-corrected chi connectivity index (χ0v) is 28.8. The third-order valence-corrected chi connectivity index (χ3v) is 8.27. The molecule has 0 atom stereocenters. The van der Waals surface area contributed by atoms with Crippen molar-refractivity contribution >= 4 is 46.3 Å². The molecule has 0 bridgehead atoms. The lowest BCUT2D eigenvalue weighted by Gasteiger charge is -2.18. The van der Waals surface area contributed by atoms with Crippen LogP contribution in [0, 0.1) is 23.0 Å². The number of benzene rings is 2. The molecule has 0 unspecified atom stereocenters. The maximum atomic E-state index is 14.1. The number of hydrogen-bond acceptors (Lipinski definition) is 14. The zero-order chi connectivity index (χ0) is 39.6. The Morgan fingerprint density at radius 2 is 1.33 bits per heavy atom. The number of rotatable bonds is 7. The van der Waals surface area contributed by atoms with Crippen molar-refractivity contribution in [2.24, 2.45) is 0 Å². The molecule has 0 radical (unpaired) electrons. The molecule has 284 valence electrons. The number of nitrogens with zero attached hydrogens (tertiary/aromatic N) is 10. The standard InChI is InChI=1S/C17H12FN9O3.C17H11FN6O3/c18-9-6-20-27-12(15-23-25-26-24-15)4-11(22-16(9)27)17(29)19-5-8-1-2-13-10(3-8)21-14(28)7-30-13;18-11-7-21-24-10(5-19)4-13(23-16(11)24)17(26)20-6-9-1-2-14-12(3-9)22-15(25)8-27-14/h1-4,6H,5,7H2,(H,19,29)(H,21,28)(H,23,24,25,26);1-4,7H,6,8H2,(H,20,26)(H,22,25). The van der Waals surface area contributed by atoms with Crippen molar-refractivity contribution in [3.63, 3.8) is 0 Å². The van der Waals surface area contributed by atoms with Crippen molar-refractivity contribution < 1.29 is 37.4 Å². The fraction of sp³-hybridized carbons (Fsp3) is 0.118. The summed E-state index contributed by atoms with van der Waals surface area (Å²) in [6.07, 6.45) is 1.91. The number of fused-ring (bicyclic) bond motifs is 4. The minimum atomic E-state index is -0.730. The number of aromatic nitrogens is 10. The summed E-state index contributed by atoms with van der Waals surface area (Å²) in [6, 6.07) is 14.7. The van der Waals surface area contributed by atoms with Crippen LogP contribution in [-0.4, -0.2) is 86.7 Å². The van der Waals surface area contributed by atoms with E-state index in [1.807, 2.05) is 6.07 Å². The van der Waals surface area contributed by atoms with Gasteiger partial charge in [-0.3, -0.25) is 19.2 Å². The van der Waals surface area contributed by atoms with E-state index in [0.717, 1.165) is 22.5 Å². The lowest BCUT2D eigenvalue weighted by molar-refractivity contribution is -0.119. The van der Waals surface area contributed by atoms with Crippen LogP contribution in [0.4, 0.5) is 20.2 Å². The molecule has 7 heterocycles. The first-order chi connectivity index (χ1) is 27.6. The quantitative estimate of drug-likeness (QED) is 0.153. The fourth-order valence-electron chi connectivity index (χ4n) is 5.64. The van der Waals surface area contributed by atoms with Crippen LogP contribution >= 0.6 is 0 Å². The molecule has 7 aromatic rings. The van der Waals surface area contributed by atoms with Gasteiger partial charge in [0.1, 0.15) is 40.3 Å². The highest BCUT2D eigenvalue weighted by atomic mass is 19.1. The number of H-pyrrole nitrogens is 1. The number of halogens is 2. The Balaban J connectivity index is 0.000000161. The number of aromatic amines is 1. The highest BCUT2D eigenvalue weighted by Crippen LogP contribution is 2.29. The summed E-state index contributed by atoms with van der Waals surface area (Å²) in [5, 5.41) is 41.0. The van der Waals surface area contributed by atoms with Crippen LogP contribution in [0.2, 0.25) is 0 Å². The van der Waals surface area contributed by atoms with Gasteiger partial charge in [0.15, 0.2) is 36.1 Å². The van der Waals surface area contributed by atoms with E-state index in [4.69, 9.17) is 14.7 Å². The summed E-state index contributed by atoms with van der Waals surface area (Å²) in [6.45, 7) is 0.210. The van der Waals surface area contributed by atoms with Crippen LogP contribution in [0.5, 0.6) is 11.5 Å². The topological polar surface area (TPSA) is 273 Å². The number of nitrogens with one attached hydrogen (secondary N) is 5. The number of hydrogen-bond donors (Lipinski definition) is 5. The molecule has 57 heavy (non-hydrogen) atoms. The molecule has 0 aliphatic carbocycles. The van der Waals surface area contributed by atoms with E-state index in [9.17, 15) is 28.0 Å². The Morgan fingerprint density at radius 3 is 1.88 bits per heavy atom. The van der Waals surface area contributed by atoms with Crippen LogP contribution in [0.15, 0.2) is 60.9 Å². The molecular weight excluding hydrogens is 752 g/mol. The van der Waals surface area contributed by atoms with Crippen LogP contribution < -0.4 is 30.7 Å². The lowest BCUT2D eigenvalue weighted by atomic mass is 10.1. The smallest absolute Gasteiger partial charge is 0.270 e. The van der Waals surface area contributed by atoms with Crippen molar-refractivity contribution in [2.45, 2.75) is 13.1 Å². The first-order valence-electron chi connectivity index (χ1n) is 16.5. The van der Waals surface area contributed by atoms with Gasteiger partial charge in [-0.2, -0.15) is 20.7 Å². The molecule has 2 aliphatic heterocycles. The molecule has 5 aromatic heterocycles. The second kappa shape index (κ2) is 14.8. The SMILES string of the molecule is N#Cc1cc(C(=O)NCc2ccc3c(c2)NC(=O)CO3)nc2c(F)cnn12.O=C1COc2ccc(CNC(=O)c3cc(-c4nn[nH]n4)n4ncc(F)c4n3)cc2N1. The van der Waals surface area contributed by atoms with Gasteiger partial charge < -0.3 is 30.7 Å². The number of carbonyl (C=O) groups excluding carboxylic acids is 4. The molecule has 9 rings (SSSR count). The molecule has 2 aliphatic rings. The summed E-state index contributed by atoms with van der Waals surface area (Å²) in [4.78, 5) is 55.9. The third-order valence-electron chi connectivity index (χ3n) is 8.27. The van der Waals surface area contributed by atoms with E-state index in [2.05, 4.69) is 62.1 Å². The number of tetrazole rings is 1. The van der Waals surface area contributed by atoms with E-state index < -0.39 is 23.4 Å². The molecule has 0 saturated heterocycles. The van der Waals surface area contributed by atoms with Crippen LogP contribution in [0.3, 0.4) is 0 Å². The molecule has 5 N–H and O–H groups in total. The number of carbonyl (C=O) groups is 4. The van der Waals surface area contributed by atoms with E-state index in [1.165, 1.54) is 16.6 Å². The van der Waals surface area contributed by atoms with Crippen LogP contribution in [0.25, 0.3) is 22.8 Å². The Bertz CT molecular complexity index is 2800. The minimum Gasteiger partial charge on any atom is -0.482 e. The highest BCUT2D eigenvalue weighted by molar-refractivity contribution is 5.97. The molecule has 23 heteroatoms. The van der Waals surface area contributed by atoms with Gasteiger partial charge in [-0.15, -0.1) is 10.2 Å². The average molecular weight is 776 g/mol. The predicted molar refractivity (Wildman–Crippen MR) is 187 cm³/mol. The molecule has 0 saturated carbocycles. The fourth-order valence-corrected chi connectivity index (χ4v) is 5.64. The van der Waals surface area contributed by atoms with Gasteiger partial charge in [0, 0.05) is 19.2 Å². The van der Waals surface area contributed by atoms with Gasteiger partial charge in [0.25, 0.3) is 23.6 Å². The van der Waals surface area contributed by atoms with Gasteiger partial charge in [-0.05, 0) is 46.7 Å². The summed E-state index contributed by atoms with van der Waals surface area (Å²) in [5.74, 6) is -1.82. The van der Waals surface area contributed by atoms with Gasteiger partial charge in [-0.1, -0.05) is 12.1 Å². The second-order valence-electron chi connectivity index (χ2n) is 12.1. The van der Waals surface area contributed by atoms with Crippen molar-refractivity contribution in [3.8, 4) is 29.1 Å². The summed E-state index contributed by atoms with van der Waals surface area (Å²) in [7, 11) is 0. The second-order valence-corrected chi connectivity index (χ2v) is 12.1. The van der Waals surface area contributed by atoms with Gasteiger partial charge in [0.05, 0.1) is 23.8 Å². The minimum absolute atomic E-state index is 0.0114. The predicted octanol–water partition coefficient (Wildman–Crippen LogP) is 1.31. The Kier molecular flexibility index (Phi) is 9.23. The maximum Gasteiger partial charge on any atom is 0.270 e. The number of anilines is 2. The largest absolute Gasteiger partial charge is 0.482 e. The summed E-state index contributed by atoms with van der Waals surface area (Å²) < 4.78 is 40.6. The third kappa shape index (κ3) is 7.27. The van der Waals surface area contributed by atoms with Crippen molar-refractivity contribution in [3.05, 3.63) is 101 Å². The van der Waals surface area contributed by atoms with Gasteiger partial charge in [0.2, 0.25) is 5.82 Å². The van der Waals surface area contributed by atoms with E-state index in [1.54, 1.807) is 36.4 Å².